The Balaban J connectivity index is 2.58. The van der Waals surface area contributed by atoms with Crippen molar-refractivity contribution in [2.24, 2.45) is 10.9 Å². The van der Waals surface area contributed by atoms with Crippen molar-refractivity contribution < 1.29 is 14.3 Å². The summed E-state index contributed by atoms with van der Waals surface area (Å²) in [7, 11) is 5.16. The van der Waals surface area contributed by atoms with E-state index in [2.05, 4.69) is 20.9 Å². The van der Waals surface area contributed by atoms with Crippen molar-refractivity contribution >= 4 is 18.0 Å². The van der Waals surface area contributed by atoms with Gasteiger partial charge in [0, 0.05) is 39.8 Å². The highest BCUT2D eigenvalue weighted by atomic mass is 16.6. The van der Waals surface area contributed by atoms with Crippen LogP contribution in [-0.2, 0) is 11.3 Å². The highest BCUT2D eigenvalue weighted by molar-refractivity contribution is 5.93. The average molecular weight is 420 g/mol. The lowest BCUT2D eigenvalue weighted by molar-refractivity contribution is 0.0491. The fraction of sp³-hybridized carbons (Fsp3) is 0.591. The van der Waals surface area contributed by atoms with Gasteiger partial charge in [-0.1, -0.05) is 26.0 Å². The summed E-state index contributed by atoms with van der Waals surface area (Å²) in [5.74, 6) is 0.814. The minimum absolute atomic E-state index is 0.0239. The zero-order valence-corrected chi connectivity index (χ0v) is 19.5. The Morgan fingerprint density at radius 3 is 2.17 bits per heavy atom. The van der Waals surface area contributed by atoms with Gasteiger partial charge in [-0.15, -0.1) is 0 Å². The molecule has 1 rings (SSSR count). The molecule has 0 saturated carbocycles. The van der Waals surface area contributed by atoms with Crippen LogP contribution in [0.5, 0.6) is 0 Å². The Kier molecular flexibility index (Phi) is 9.62. The first kappa shape index (κ1) is 25.3. The van der Waals surface area contributed by atoms with Gasteiger partial charge < -0.3 is 25.6 Å². The molecule has 30 heavy (non-hydrogen) atoms. The van der Waals surface area contributed by atoms with Gasteiger partial charge in [0.1, 0.15) is 5.60 Å². The van der Waals surface area contributed by atoms with E-state index in [1.54, 1.807) is 26.0 Å². The largest absolute Gasteiger partial charge is 0.444 e. The van der Waals surface area contributed by atoms with Crippen molar-refractivity contribution in [3.05, 3.63) is 35.4 Å². The SMILES string of the molecule is CN=C(NCc1ccc(C(=O)N(C)C)cc1)NCC(NC(=O)OC(C)(C)C)C(C)C. The van der Waals surface area contributed by atoms with E-state index in [-0.39, 0.29) is 17.9 Å². The summed E-state index contributed by atoms with van der Waals surface area (Å²) < 4.78 is 5.35. The molecule has 1 unspecified atom stereocenters. The first-order valence-electron chi connectivity index (χ1n) is 10.2. The third kappa shape index (κ3) is 9.15. The summed E-state index contributed by atoms with van der Waals surface area (Å²) >= 11 is 0. The lowest BCUT2D eigenvalue weighted by Crippen LogP contribution is -2.50. The first-order valence-corrected chi connectivity index (χ1v) is 10.2. The number of amides is 2. The van der Waals surface area contributed by atoms with E-state index in [0.29, 0.717) is 24.6 Å². The summed E-state index contributed by atoms with van der Waals surface area (Å²) in [5.41, 5.74) is 1.14. The van der Waals surface area contributed by atoms with Crippen LogP contribution in [0.2, 0.25) is 0 Å². The standard InChI is InChI=1S/C22H37N5O3/c1-15(2)18(26-21(29)30-22(3,4)5)14-25-20(23-6)24-13-16-9-11-17(12-10-16)19(28)27(7)8/h9-12,15,18H,13-14H2,1-8H3,(H,26,29)(H2,23,24,25). The van der Waals surface area contributed by atoms with Gasteiger partial charge in [0.05, 0.1) is 6.04 Å². The zero-order chi connectivity index (χ0) is 22.9. The number of benzene rings is 1. The number of hydrogen-bond acceptors (Lipinski definition) is 4. The number of aliphatic imine (C=N–C) groups is 1. The number of nitrogens with zero attached hydrogens (tertiary/aromatic N) is 2. The molecule has 1 aromatic rings. The second-order valence-electron chi connectivity index (χ2n) is 8.70. The van der Waals surface area contributed by atoms with Crippen LogP contribution >= 0.6 is 0 Å². The number of carbonyl (C=O) groups excluding carboxylic acids is 2. The van der Waals surface area contributed by atoms with Gasteiger partial charge in [0.15, 0.2) is 5.96 Å². The number of ether oxygens (including phenoxy) is 1. The molecule has 168 valence electrons. The monoisotopic (exact) mass is 419 g/mol. The van der Waals surface area contributed by atoms with Crippen molar-refractivity contribution in [1.82, 2.24) is 20.9 Å². The Hall–Kier alpha value is -2.77. The first-order chi connectivity index (χ1) is 13.9. The van der Waals surface area contributed by atoms with Crippen LogP contribution in [0.3, 0.4) is 0 Å². The molecule has 0 aliphatic carbocycles. The van der Waals surface area contributed by atoms with E-state index in [1.165, 1.54) is 0 Å². The molecule has 3 N–H and O–H groups in total. The van der Waals surface area contributed by atoms with E-state index >= 15 is 0 Å². The highest BCUT2D eigenvalue weighted by Crippen LogP contribution is 2.09. The molecule has 1 aromatic carbocycles. The number of alkyl carbamates (subject to hydrolysis) is 1. The lowest BCUT2D eigenvalue weighted by atomic mass is 10.0. The number of hydrogen-bond donors (Lipinski definition) is 3. The molecule has 0 heterocycles. The second kappa shape index (κ2) is 11.4. The molecule has 0 aromatic heterocycles. The third-order valence-corrected chi connectivity index (χ3v) is 4.29. The van der Waals surface area contributed by atoms with E-state index in [1.807, 2.05) is 58.9 Å². The van der Waals surface area contributed by atoms with Crippen molar-refractivity contribution in [3.63, 3.8) is 0 Å². The maximum Gasteiger partial charge on any atom is 0.407 e. The molecule has 0 aliphatic heterocycles. The van der Waals surface area contributed by atoms with Gasteiger partial charge in [-0.25, -0.2) is 4.79 Å². The summed E-state index contributed by atoms with van der Waals surface area (Å²) in [4.78, 5) is 29.8. The van der Waals surface area contributed by atoms with Crippen LogP contribution in [0.15, 0.2) is 29.3 Å². The molecular formula is C22H37N5O3. The summed E-state index contributed by atoms with van der Waals surface area (Å²) in [6, 6.07) is 7.34. The predicted octanol–water partition coefficient (Wildman–Crippen LogP) is 2.60. The van der Waals surface area contributed by atoms with Gasteiger partial charge in [0.25, 0.3) is 5.91 Å². The Morgan fingerprint density at radius 2 is 1.70 bits per heavy atom. The molecule has 0 fully saturated rings. The van der Waals surface area contributed by atoms with Crippen molar-refractivity contribution in [2.75, 3.05) is 27.7 Å². The molecule has 0 bridgehead atoms. The van der Waals surface area contributed by atoms with Crippen molar-refractivity contribution in [1.29, 1.82) is 0 Å². The van der Waals surface area contributed by atoms with E-state index in [4.69, 9.17) is 4.74 Å². The van der Waals surface area contributed by atoms with Gasteiger partial charge in [-0.05, 0) is 44.4 Å². The predicted molar refractivity (Wildman–Crippen MR) is 121 cm³/mol. The molecule has 2 amide bonds. The van der Waals surface area contributed by atoms with Gasteiger partial charge >= 0.3 is 6.09 Å². The Bertz CT molecular complexity index is 721. The molecule has 1 atom stereocenters. The summed E-state index contributed by atoms with van der Waals surface area (Å²) in [6.45, 7) is 10.7. The minimum atomic E-state index is -0.538. The maximum atomic E-state index is 12.1. The number of carbonyl (C=O) groups is 2. The van der Waals surface area contributed by atoms with E-state index < -0.39 is 11.7 Å². The average Bonchev–Trinajstić information content (AvgIpc) is 2.65. The lowest BCUT2D eigenvalue weighted by Gasteiger charge is -2.26. The molecule has 0 radical (unpaired) electrons. The van der Waals surface area contributed by atoms with Crippen LogP contribution in [0, 0.1) is 5.92 Å². The van der Waals surface area contributed by atoms with Gasteiger partial charge in [-0.3, -0.25) is 9.79 Å². The maximum absolute atomic E-state index is 12.1. The minimum Gasteiger partial charge on any atom is -0.444 e. The van der Waals surface area contributed by atoms with E-state index in [0.717, 1.165) is 5.56 Å². The van der Waals surface area contributed by atoms with Crippen LogP contribution in [0.4, 0.5) is 4.79 Å². The van der Waals surface area contributed by atoms with Gasteiger partial charge in [0.2, 0.25) is 0 Å². The quantitative estimate of drug-likeness (QED) is 0.466. The highest BCUT2D eigenvalue weighted by Gasteiger charge is 2.21. The Labute approximate surface area is 180 Å². The van der Waals surface area contributed by atoms with E-state index in [9.17, 15) is 9.59 Å². The molecule has 0 saturated heterocycles. The van der Waals surface area contributed by atoms with Crippen LogP contribution in [-0.4, -0.2) is 62.2 Å². The van der Waals surface area contributed by atoms with Crippen LogP contribution in [0.1, 0.15) is 50.5 Å². The topological polar surface area (TPSA) is 95.1 Å². The number of guanidine groups is 1. The molecular weight excluding hydrogens is 382 g/mol. The van der Waals surface area contributed by atoms with Crippen molar-refractivity contribution in [3.8, 4) is 0 Å². The normalized spacial score (nSPS) is 12.9. The summed E-state index contributed by atoms with van der Waals surface area (Å²) in [5, 5.41) is 9.39. The second-order valence-corrected chi connectivity index (χ2v) is 8.70. The number of nitrogens with one attached hydrogen (secondary N) is 3. The van der Waals surface area contributed by atoms with Gasteiger partial charge in [-0.2, -0.15) is 0 Å². The van der Waals surface area contributed by atoms with Crippen LogP contribution < -0.4 is 16.0 Å². The fourth-order valence-electron chi connectivity index (χ4n) is 2.55. The third-order valence-electron chi connectivity index (χ3n) is 4.29. The molecule has 8 heteroatoms. The molecule has 0 aliphatic rings. The molecule has 0 spiro atoms. The summed E-state index contributed by atoms with van der Waals surface area (Å²) in [6.07, 6.45) is -0.432. The fourth-order valence-corrected chi connectivity index (χ4v) is 2.55. The smallest absolute Gasteiger partial charge is 0.407 e. The van der Waals surface area contributed by atoms with Crippen LogP contribution in [0.25, 0.3) is 0 Å². The Morgan fingerprint density at radius 1 is 1.10 bits per heavy atom. The zero-order valence-electron chi connectivity index (χ0n) is 19.5. The number of rotatable bonds is 7. The van der Waals surface area contributed by atoms with Crippen molar-refractivity contribution in [2.45, 2.75) is 52.8 Å². The molecule has 8 nitrogen and oxygen atoms in total.